The van der Waals surface area contributed by atoms with Gasteiger partial charge in [0.25, 0.3) is 5.91 Å². The monoisotopic (exact) mass is 313 g/mol. The second-order valence-electron chi connectivity index (χ2n) is 4.53. The van der Waals surface area contributed by atoms with Crippen LogP contribution in [0.3, 0.4) is 0 Å². The highest BCUT2D eigenvalue weighted by Gasteiger charge is 2.12. The topological polar surface area (TPSA) is 112 Å². The third-order valence-electron chi connectivity index (χ3n) is 2.49. The van der Waals surface area contributed by atoms with Crippen molar-refractivity contribution in [1.82, 2.24) is 5.32 Å². The molecule has 1 aromatic carbocycles. The third-order valence-corrected chi connectivity index (χ3v) is 2.82. The first kappa shape index (κ1) is 17.0. The Balaban J connectivity index is 3.20. The van der Waals surface area contributed by atoms with Crippen LogP contribution in [0.2, 0.25) is 5.02 Å². The summed E-state index contributed by atoms with van der Waals surface area (Å²) in [4.78, 5) is 12.0. The van der Waals surface area contributed by atoms with Gasteiger partial charge in [0, 0.05) is 11.6 Å². The molecule has 0 saturated carbocycles. The van der Waals surface area contributed by atoms with Crippen molar-refractivity contribution in [2.45, 2.75) is 19.9 Å². The predicted molar refractivity (Wildman–Crippen MR) is 81.5 cm³/mol. The van der Waals surface area contributed by atoms with Gasteiger partial charge in [-0.05, 0) is 32.0 Å². The van der Waals surface area contributed by atoms with Crippen LogP contribution in [0.5, 0.6) is 0 Å². The van der Waals surface area contributed by atoms with Crippen LogP contribution in [0.1, 0.15) is 24.2 Å². The minimum absolute atomic E-state index is 0.0297. The van der Waals surface area contributed by atoms with Crippen molar-refractivity contribution in [3.63, 3.8) is 0 Å². The Bertz CT molecular complexity index is 731. The van der Waals surface area contributed by atoms with Crippen LogP contribution in [0.15, 0.2) is 29.5 Å². The number of halogens is 1. The van der Waals surface area contributed by atoms with Crippen LogP contribution < -0.4 is 10.6 Å². The number of anilines is 1. The molecule has 2 N–H and O–H groups in total. The average molecular weight is 314 g/mol. The van der Waals surface area contributed by atoms with Gasteiger partial charge in [-0.1, -0.05) is 11.6 Å². The van der Waals surface area contributed by atoms with Gasteiger partial charge in [-0.15, -0.1) is 0 Å². The number of amides is 1. The van der Waals surface area contributed by atoms with Crippen LogP contribution in [0, 0.1) is 34.0 Å². The molecule has 22 heavy (non-hydrogen) atoms. The van der Waals surface area contributed by atoms with E-state index < -0.39 is 0 Å². The minimum Gasteiger partial charge on any atom is -0.350 e. The molecule has 0 aliphatic rings. The minimum atomic E-state index is -0.365. The fourth-order valence-corrected chi connectivity index (χ4v) is 1.69. The van der Waals surface area contributed by atoms with Crippen molar-refractivity contribution in [2.24, 2.45) is 0 Å². The van der Waals surface area contributed by atoms with Crippen molar-refractivity contribution in [3.05, 3.63) is 40.1 Å². The van der Waals surface area contributed by atoms with E-state index in [1.807, 2.05) is 13.8 Å². The molecule has 0 heterocycles. The van der Waals surface area contributed by atoms with Crippen LogP contribution in [-0.4, -0.2) is 11.9 Å². The number of allylic oxidation sites excluding steroid dienone is 2. The first-order chi connectivity index (χ1) is 10.4. The molecule has 0 aliphatic heterocycles. The van der Waals surface area contributed by atoms with Gasteiger partial charge in [0.05, 0.1) is 10.7 Å². The molecule has 0 saturated heterocycles. The molecule has 6 nitrogen and oxygen atoms in total. The Morgan fingerprint density at radius 3 is 2.32 bits per heavy atom. The van der Waals surface area contributed by atoms with E-state index in [0.29, 0.717) is 5.56 Å². The molecule has 1 aromatic rings. The second-order valence-corrected chi connectivity index (χ2v) is 4.94. The third kappa shape index (κ3) is 4.24. The number of carbonyl (C=O) groups is 1. The first-order valence-electron chi connectivity index (χ1n) is 6.25. The molecule has 0 fully saturated rings. The van der Waals surface area contributed by atoms with Crippen molar-refractivity contribution in [2.75, 3.05) is 5.32 Å². The summed E-state index contributed by atoms with van der Waals surface area (Å²) < 4.78 is 0. The number of carbonyl (C=O) groups excluding carboxylic acids is 1. The summed E-state index contributed by atoms with van der Waals surface area (Å²) in [7, 11) is 0. The summed E-state index contributed by atoms with van der Waals surface area (Å²) in [5, 5.41) is 32.2. The van der Waals surface area contributed by atoms with E-state index in [9.17, 15) is 4.79 Å². The number of hydrogen-bond acceptors (Lipinski definition) is 5. The van der Waals surface area contributed by atoms with E-state index in [-0.39, 0.29) is 33.9 Å². The maximum Gasteiger partial charge on any atom is 0.251 e. The Kier molecular flexibility index (Phi) is 5.96. The van der Waals surface area contributed by atoms with E-state index in [1.54, 1.807) is 18.2 Å². The van der Waals surface area contributed by atoms with Crippen LogP contribution >= 0.6 is 11.6 Å². The van der Waals surface area contributed by atoms with Gasteiger partial charge in [0.1, 0.15) is 23.9 Å². The zero-order valence-corrected chi connectivity index (χ0v) is 12.7. The van der Waals surface area contributed by atoms with Gasteiger partial charge in [0.2, 0.25) is 0 Å². The molecule has 7 heteroatoms. The summed E-state index contributed by atoms with van der Waals surface area (Å²) in [6, 6.07) is 9.41. The zero-order valence-electron chi connectivity index (χ0n) is 11.9. The van der Waals surface area contributed by atoms with Gasteiger partial charge < -0.3 is 10.6 Å². The summed E-state index contributed by atoms with van der Waals surface area (Å²) in [6.45, 7) is 3.66. The maximum atomic E-state index is 12.0. The molecule has 0 atom stereocenters. The highest BCUT2D eigenvalue weighted by molar-refractivity contribution is 6.33. The molecular weight excluding hydrogens is 302 g/mol. The molecule has 0 aliphatic carbocycles. The van der Waals surface area contributed by atoms with Gasteiger partial charge in [-0.3, -0.25) is 4.79 Å². The molecule has 0 unspecified atom stereocenters. The number of nitrogens with zero attached hydrogens (tertiary/aromatic N) is 3. The zero-order chi connectivity index (χ0) is 16.7. The maximum absolute atomic E-state index is 12.0. The number of benzene rings is 1. The first-order valence-corrected chi connectivity index (χ1v) is 6.62. The largest absolute Gasteiger partial charge is 0.350 e. The Labute approximate surface area is 133 Å². The smallest absolute Gasteiger partial charge is 0.251 e. The Morgan fingerprint density at radius 1 is 1.18 bits per heavy atom. The standard InChI is InChI=1S/C15H12ClN5O/c1-9(2)20-15(22)10-3-4-12(16)13(5-10)21-14(8-19)11(6-17)7-18/h3-5,9,21H,1-2H3,(H,20,22). The lowest BCUT2D eigenvalue weighted by Crippen LogP contribution is -2.30. The molecule has 110 valence electrons. The summed E-state index contributed by atoms with van der Waals surface area (Å²) in [5.41, 5.74) is 0.00916. The average Bonchev–Trinajstić information content (AvgIpc) is 2.48. The number of nitrogens with one attached hydrogen (secondary N) is 2. The lowest BCUT2D eigenvalue weighted by atomic mass is 10.1. The summed E-state index contributed by atoms with van der Waals surface area (Å²) >= 11 is 6.01. The molecule has 0 radical (unpaired) electrons. The Hall–Kier alpha value is -3.01. The van der Waals surface area contributed by atoms with E-state index in [0.717, 1.165) is 0 Å². The summed E-state index contributed by atoms with van der Waals surface area (Å²) in [5.74, 6) is -0.294. The van der Waals surface area contributed by atoms with Gasteiger partial charge >= 0.3 is 0 Å². The molecule has 0 bridgehead atoms. The number of rotatable bonds is 4. The molecule has 1 rings (SSSR count). The van der Waals surface area contributed by atoms with Crippen molar-refractivity contribution >= 4 is 23.2 Å². The van der Waals surface area contributed by atoms with Gasteiger partial charge in [0.15, 0.2) is 5.57 Å². The molecule has 0 spiro atoms. The van der Waals surface area contributed by atoms with Gasteiger partial charge in [-0.25, -0.2) is 0 Å². The van der Waals surface area contributed by atoms with Crippen molar-refractivity contribution in [1.29, 1.82) is 15.8 Å². The lowest BCUT2D eigenvalue weighted by Gasteiger charge is -2.11. The van der Waals surface area contributed by atoms with Crippen molar-refractivity contribution in [3.8, 4) is 18.2 Å². The second kappa shape index (κ2) is 7.69. The molecule has 1 amide bonds. The van der Waals surface area contributed by atoms with Crippen LogP contribution in [0.25, 0.3) is 0 Å². The SMILES string of the molecule is CC(C)NC(=O)c1ccc(Cl)c(NC(C#N)=C(C#N)C#N)c1. The summed E-state index contributed by atoms with van der Waals surface area (Å²) in [6.07, 6.45) is 0. The highest BCUT2D eigenvalue weighted by Crippen LogP contribution is 2.25. The quantitative estimate of drug-likeness (QED) is 0.830. The van der Waals surface area contributed by atoms with Crippen LogP contribution in [0.4, 0.5) is 5.69 Å². The highest BCUT2D eigenvalue weighted by atomic mass is 35.5. The van der Waals surface area contributed by atoms with Crippen LogP contribution in [-0.2, 0) is 0 Å². The fraction of sp³-hybridized carbons (Fsp3) is 0.200. The van der Waals surface area contributed by atoms with E-state index >= 15 is 0 Å². The van der Waals surface area contributed by atoms with Crippen molar-refractivity contribution < 1.29 is 4.79 Å². The number of hydrogen-bond donors (Lipinski definition) is 2. The number of nitriles is 3. The lowest BCUT2D eigenvalue weighted by molar-refractivity contribution is 0.0943. The fourth-order valence-electron chi connectivity index (χ4n) is 1.53. The Morgan fingerprint density at radius 2 is 1.82 bits per heavy atom. The normalized spacial score (nSPS) is 9.14. The van der Waals surface area contributed by atoms with E-state index in [2.05, 4.69) is 10.6 Å². The predicted octanol–water partition coefficient (Wildman–Crippen LogP) is 2.71. The molecule has 0 aromatic heterocycles. The molecular formula is C15H12ClN5O. The van der Waals surface area contributed by atoms with E-state index in [4.69, 9.17) is 27.4 Å². The van der Waals surface area contributed by atoms with E-state index in [1.165, 1.54) is 18.2 Å². The van der Waals surface area contributed by atoms with Gasteiger partial charge in [-0.2, -0.15) is 15.8 Å².